The van der Waals surface area contributed by atoms with Gasteiger partial charge in [-0.25, -0.2) is 4.99 Å². The van der Waals surface area contributed by atoms with Crippen molar-refractivity contribution < 1.29 is 0 Å². The van der Waals surface area contributed by atoms with Crippen LogP contribution in [-0.4, -0.2) is 24.0 Å². The summed E-state index contributed by atoms with van der Waals surface area (Å²) in [5.41, 5.74) is 4.94. The molecule has 0 spiro atoms. The first kappa shape index (κ1) is 18.0. The Hall–Kier alpha value is -2.36. The lowest BCUT2D eigenvalue weighted by Gasteiger charge is -2.12. The molecule has 0 aliphatic rings. The van der Waals surface area contributed by atoms with Crippen molar-refractivity contribution in [3.63, 3.8) is 0 Å². The average Bonchev–Trinajstić information content (AvgIpc) is 2.61. The van der Waals surface area contributed by atoms with Crippen LogP contribution in [-0.2, 0) is 19.4 Å². The number of nitrogens with one attached hydrogen (secondary N) is 2. The second-order valence-electron chi connectivity index (χ2n) is 5.80. The van der Waals surface area contributed by atoms with Crippen LogP contribution in [0.5, 0.6) is 0 Å². The maximum Gasteiger partial charge on any atom is 0.191 e. The third-order valence-corrected chi connectivity index (χ3v) is 3.93. The molecule has 1 aromatic carbocycles. The van der Waals surface area contributed by atoms with Gasteiger partial charge in [0.25, 0.3) is 0 Å². The van der Waals surface area contributed by atoms with Crippen molar-refractivity contribution in [3.8, 4) is 0 Å². The molecule has 0 bridgehead atoms. The largest absolute Gasteiger partial charge is 0.357 e. The molecule has 0 amide bonds. The molecule has 4 heteroatoms. The number of pyridine rings is 1. The van der Waals surface area contributed by atoms with E-state index in [1.54, 1.807) is 0 Å². The highest BCUT2D eigenvalue weighted by molar-refractivity contribution is 5.79. The fourth-order valence-electron chi connectivity index (χ4n) is 2.53. The van der Waals surface area contributed by atoms with E-state index in [0.717, 1.165) is 37.6 Å². The lowest BCUT2D eigenvalue weighted by atomic mass is 10.1. The Morgan fingerprint density at radius 3 is 2.50 bits per heavy atom. The summed E-state index contributed by atoms with van der Waals surface area (Å²) in [6, 6.07) is 12.7. The van der Waals surface area contributed by atoms with Crippen molar-refractivity contribution >= 4 is 5.96 Å². The Bertz CT molecular complexity index is 647. The van der Waals surface area contributed by atoms with E-state index in [-0.39, 0.29) is 0 Å². The van der Waals surface area contributed by atoms with Crippen LogP contribution in [0.4, 0.5) is 0 Å². The Morgan fingerprint density at radius 1 is 1.04 bits per heavy atom. The number of benzene rings is 1. The summed E-state index contributed by atoms with van der Waals surface area (Å²) in [4.78, 5) is 9.05. The normalized spacial score (nSPS) is 11.4. The molecule has 2 aromatic rings. The molecule has 0 radical (unpaired) electrons. The number of guanidine groups is 1. The average molecular weight is 324 g/mol. The minimum absolute atomic E-state index is 0.700. The van der Waals surface area contributed by atoms with Crippen molar-refractivity contribution in [1.82, 2.24) is 15.6 Å². The monoisotopic (exact) mass is 324 g/mol. The maximum atomic E-state index is 4.72. The van der Waals surface area contributed by atoms with Crippen LogP contribution in [0, 0.1) is 6.92 Å². The lowest BCUT2D eigenvalue weighted by molar-refractivity contribution is 0.796. The van der Waals surface area contributed by atoms with Gasteiger partial charge in [0.1, 0.15) is 0 Å². The molecule has 0 fully saturated rings. The smallest absolute Gasteiger partial charge is 0.191 e. The highest BCUT2D eigenvalue weighted by Gasteiger charge is 2.01. The van der Waals surface area contributed by atoms with Gasteiger partial charge >= 0.3 is 0 Å². The van der Waals surface area contributed by atoms with Gasteiger partial charge in [-0.2, -0.15) is 0 Å². The van der Waals surface area contributed by atoms with Gasteiger partial charge in [0.15, 0.2) is 5.96 Å². The molecule has 1 aromatic heterocycles. The van der Waals surface area contributed by atoms with Gasteiger partial charge in [-0.1, -0.05) is 37.3 Å². The predicted molar refractivity (Wildman–Crippen MR) is 101 cm³/mol. The fraction of sp³-hybridized carbons (Fsp3) is 0.400. The van der Waals surface area contributed by atoms with Crippen LogP contribution in [0.15, 0.2) is 47.6 Å². The van der Waals surface area contributed by atoms with E-state index in [2.05, 4.69) is 65.9 Å². The molecular formula is C20H28N4. The standard InChI is InChI=1S/C20H28N4/c1-4-18-8-6-7-9-19(18)15-24-20(21-5-2)22-13-12-17-11-10-16(3)23-14-17/h6-11,14H,4-5,12-13,15H2,1-3H3,(H2,21,22,24). The molecular weight excluding hydrogens is 296 g/mol. The van der Waals surface area contributed by atoms with Gasteiger partial charge in [-0.05, 0) is 49.4 Å². The summed E-state index contributed by atoms with van der Waals surface area (Å²) in [6.07, 6.45) is 3.91. The Kier molecular flexibility index (Phi) is 7.27. The number of nitrogens with zero attached hydrogens (tertiary/aromatic N) is 2. The first-order valence-electron chi connectivity index (χ1n) is 8.73. The van der Waals surface area contributed by atoms with Crippen molar-refractivity contribution in [3.05, 3.63) is 65.0 Å². The van der Waals surface area contributed by atoms with Crippen molar-refractivity contribution in [2.24, 2.45) is 4.99 Å². The third kappa shape index (κ3) is 5.69. The Labute approximate surface area is 145 Å². The van der Waals surface area contributed by atoms with E-state index < -0.39 is 0 Å². The first-order valence-corrected chi connectivity index (χ1v) is 8.73. The lowest BCUT2D eigenvalue weighted by Crippen LogP contribution is -2.38. The predicted octanol–water partition coefficient (Wildman–Crippen LogP) is 3.25. The van der Waals surface area contributed by atoms with E-state index in [0.29, 0.717) is 6.54 Å². The highest BCUT2D eigenvalue weighted by Crippen LogP contribution is 2.10. The number of hydrogen-bond acceptors (Lipinski definition) is 2. The second kappa shape index (κ2) is 9.71. The van der Waals surface area contributed by atoms with Crippen LogP contribution in [0.3, 0.4) is 0 Å². The minimum Gasteiger partial charge on any atom is -0.357 e. The van der Waals surface area contributed by atoms with Crippen LogP contribution in [0.2, 0.25) is 0 Å². The molecule has 24 heavy (non-hydrogen) atoms. The molecule has 2 N–H and O–H groups in total. The van der Waals surface area contributed by atoms with E-state index in [1.165, 1.54) is 16.7 Å². The van der Waals surface area contributed by atoms with E-state index in [9.17, 15) is 0 Å². The summed E-state index contributed by atoms with van der Waals surface area (Å²) in [6.45, 7) is 8.67. The van der Waals surface area contributed by atoms with Gasteiger partial charge in [0, 0.05) is 25.0 Å². The van der Waals surface area contributed by atoms with Crippen molar-refractivity contribution in [2.75, 3.05) is 13.1 Å². The fourth-order valence-corrected chi connectivity index (χ4v) is 2.53. The van der Waals surface area contributed by atoms with E-state index in [4.69, 9.17) is 4.99 Å². The van der Waals surface area contributed by atoms with Crippen LogP contribution in [0.1, 0.15) is 36.2 Å². The summed E-state index contributed by atoms with van der Waals surface area (Å²) in [5.74, 6) is 0.864. The van der Waals surface area contributed by atoms with Crippen LogP contribution in [0.25, 0.3) is 0 Å². The number of rotatable bonds is 7. The Balaban J connectivity index is 1.91. The SMILES string of the molecule is CCNC(=NCc1ccccc1CC)NCCc1ccc(C)nc1. The highest BCUT2D eigenvalue weighted by atomic mass is 15.2. The molecule has 0 unspecified atom stereocenters. The third-order valence-electron chi connectivity index (χ3n) is 3.93. The molecule has 0 aliphatic heterocycles. The summed E-state index contributed by atoms with van der Waals surface area (Å²) in [7, 11) is 0. The molecule has 4 nitrogen and oxygen atoms in total. The second-order valence-corrected chi connectivity index (χ2v) is 5.80. The molecule has 0 aliphatic carbocycles. The van der Waals surface area contributed by atoms with Crippen molar-refractivity contribution in [2.45, 2.75) is 40.2 Å². The molecule has 0 saturated heterocycles. The zero-order valence-electron chi connectivity index (χ0n) is 15.0. The molecule has 128 valence electrons. The molecule has 0 atom stereocenters. The number of aliphatic imine (C=N–C) groups is 1. The molecule has 0 saturated carbocycles. The van der Waals surface area contributed by atoms with Gasteiger partial charge in [0.2, 0.25) is 0 Å². The number of aryl methyl sites for hydroxylation is 2. The van der Waals surface area contributed by atoms with Crippen molar-refractivity contribution in [1.29, 1.82) is 0 Å². The summed E-state index contributed by atoms with van der Waals surface area (Å²) in [5, 5.41) is 6.71. The number of aromatic nitrogens is 1. The van der Waals surface area contributed by atoms with Gasteiger partial charge in [0.05, 0.1) is 6.54 Å². The van der Waals surface area contributed by atoms with Gasteiger partial charge in [-0.3, -0.25) is 4.98 Å². The number of hydrogen-bond donors (Lipinski definition) is 2. The zero-order valence-corrected chi connectivity index (χ0v) is 15.0. The quantitative estimate of drug-likeness (QED) is 0.607. The van der Waals surface area contributed by atoms with E-state index >= 15 is 0 Å². The van der Waals surface area contributed by atoms with Gasteiger partial charge in [-0.15, -0.1) is 0 Å². The summed E-state index contributed by atoms with van der Waals surface area (Å²) >= 11 is 0. The Morgan fingerprint density at radius 2 is 1.83 bits per heavy atom. The zero-order chi connectivity index (χ0) is 17.2. The van der Waals surface area contributed by atoms with E-state index in [1.807, 2.05) is 13.1 Å². The minimum atomic E-state index is 0.700. The topological polar surface area (TPSA) is 49.3 Å². The molecule has 2 rings (SSSR count). The molecule has 1 heterocycles. The first-order chi connectivity index (χ1) is 11.7. The maximum absolute atomic E-state index is 4.72. The van der Waals surface area contributed by atoms with Crippen LogP contribution < -0.4 is 10.6 Å². The summed E-state index contributed by atoms with van der Waals surface area (Å²) < 4.78 is 0. The van der Waals surface area contributed by atoms with Crippen LogP contribution >= 0.6 is 0 Å². The van der Waals surface area contributed by atoms with Gasteiger partial charge < -0.3 is 10.6 Å².